The van der Waals surface area contributed by atoms with Crippen molar-refractivity contribution < 1.29 is 0 Å². The third-order valence-electron chi connectivity index (χ3n) is 2.52. The van der Waals surface area contributed by atoms with Gasteiger partial charge in [0.2, 0.25) is 0 Å². The third-order valence-corrected chi connectivity index (χ3v) is 2.52. The number of aromatic nitrogens is 2. The normalized spacial score (nSPS) is 12.4. The lowest BCUT2D eigenvalue weighted by atomic mass is 10.2. The second-order valence-corrected chi connectivity index (χ2v) is 3.74. The molecule has 0 aliphatic rings. The fourth-order valence-corrected chi connectivity index (χ4v) is 1.66. The van der Waals surface area contributed by atoms with Crippen LogP contribution < -0.4 is 0 Å². The maximum Gasteiger partial charge on any atom is 0.137 e. The predicted molar refractivity (Wildman–Crippen MR) is 63.0 cm³/mol. The number of rotatable bonds is 3. The van der Waals surface area contributed by atoms with Crippen LogP contribution in [0.2, 0.25) is 0 Å². The van der Waals surface area contributed by atoms with Gasteiger partial charge < -0.3 is 4.98 Å². The van der Waals surface area contributed by atoms with Gasteiger partial charge in [-0.2, -0.15) is 4.91 Å². The number of hydrogen-bond acceptors (Lipinski definition) is 3. The van der Waals surface area contributed by atoms with Crippen molar-refractivity contribution in [3.05, 3.63) is 46.6 Å². The van der Waals surface area contributed by atoms with Crippen LogP contribution in [-0.4, -0.2) is 9.97 Å². The van der Waals surface area contributed by atoms with E-state index in [0.717, 1.165) is 17.1 Å². The minimum Gasteiger partial charge on any atom is -0.342 e. The highest BCUT2D eigenvalue weighted by Gasteiger charge is 2.14. The number of imidazole rings is 1. The van der Waals surface area contributed by atoms with Crippen LogP contribution >= 0.6 is 0 Å². The molecule has 1 atom stereocenters. The molecule has 0 radical (unpaired) electrons. The first kappa shape index (κ1) is 10.5. The molecule has 2 aromatic rings. The van der Waals surface area contributed by atoms with Gasteiger partial charge in [0.1, 0.15) is 11.9 Å². The highest BCUT2D eigenvalue weighted by atomic mass is 16.3. The van der Waals surface area contributed by atoms with Gasteiger partial charge in [0, 0.05) is 11.3 Å². The molecule has 16 heavy (non-hydrogen) atoms. The van der Waals surface area contributed by atoms with Crippen LogP contribution in [0, 0.1) is 11.8 Å². The molecule has 4 nitrogen and oxygen atoms in total. The van der Waals surface area contributed by atoms with Crippen molar-refractivity contribution in [1.29, 1.82) is 0 Å². The second kappa shape index (κ2) is 4.26. The molecule has 4 heteroatoms. The van der Waals surface area contributed by atoms with Crippen molar-refractivity contribution in [2.75, 3.05) is 0 Å². The summed E-state index contributed by atoms with van der Waals surface area (Å²) in [5.74, 6) is 0.781. The van der Waals surface area contributed by atoms with Gasteiger partial charge in [-0.15, -0.1) is 0 Å². The SMILES string of the molecule is Cc1[nH]c(-c2ccccc2)nc1C(C)N=O. The fraction of sp³-hybridized carbons (Fsp3) is 0.250. The molecule has 1 N–H and O–H groups in total. The van der Waals surface area contributed by atoms with Crippen LogP contribution in [0.25, 0.3) is 11.4 Å². The Balaban J connectivity index is 2.42. The molecular formula is C12H13N3O. The molecule has 0 bridgehead atoms. The van der Waals surface area contributed by atoms with Gasteiger partial charge in [0.25, 0.3) is 0 Å². The van der Waals surface area contributed by atoms with Crippen LogP contribution in [0.15, 0.2) is 35.5 Å². The monoisotopic (exact) mass is 215 g/mol. The van der Waals surface area contributed by atoms with Gasteiger partial charge in [0.05, 0.1) is 5.69 Å². The van der Waals surface area contributed by atoms with E-state index in [1.165, 1.54) is 0 Å². The maximum atomic E-state index is 10.5. The Bertz CT molecular complexity index is 490. The van der Waals surface area contributed by atoms with Crippen LogP contribution in [0.4, 0.5) is 0 Å². The minimum absolute atomic E-state index is 0.409. The molecule has 0 fully saturated rings. The van der Waals surface area contributed by atoms with Crippen molar-refractivity contribution in [3.8, 4) is 11.4 Å². The molecule has 1 unspecified atom stereocenters. The van der Waals surface area contributed by atoms with Gasteiger partial charge in [-0.25, -0.2) is 4.98 Å². The number of aryl methyl sites for hydroxylation is 1. The summed E-state index contributed by atoms with van der Waals surface area (Å²) in [7, 11) is 0. The number of aromatic amines is 1. The Hall–Kier alpha value is -1.97. The quantitative estimate of drug-likeness (QED) is 0.799. The first-order valence-corrected chi connectivity index (χ1v) is 5.16. The molecule has 1 aromatic carbocycles. The van der Waals surface area contributed by atoms with E-state index in [2.05, 4.69) is 15.1 Å². The maximum absolute atomic E-state index is 10.5. The van der Waals surface area contributed by atoms with Crippen molar-refractivity contribution in [3.63, 3.8) is 0 Å². The lowest BCUT2D eigenvalue weighted by molar-refractivity contribution is 0.775. The Morgan fingerprint density at radius 3 is 2.62 bits per heavy atom. The average molecular weight is 215 g/mol. The zero-order valence-corrected chi connectivity index (χ0v) is 9.27. The van der Waals surface area contributed by atoms with E-state index in [4.69, 9.17) is 0 Å². The predicted octanol–water partition coefficient (Wildman–Crippen LogP) is 3.21. The number of nitrogens with zero attached hydrogens (tertiary/aromatic N) is 2. The highest BCUT2D eigenvalue weighted by Crippen LogP contribution is 2.23. The van der Waals surface area contributed by atoms with Crippen molar-refractivity contribution in [2.24, 2.45) is 5.18 Å². The van der Waals surface area contributed by atoms with E-state index < -0.39 is 6.04 Å². The van der Waals surface area contributed by atoms with E-state index in [0.29, 0.717) is 5.69 Å². The standard InChI is InChI=1S/C12H13N3O/c1-8-11(9(2)15-16)14-12(13-8)10-6-4-3-5-7-10/h3-7,9H,1-2H3,(H,13,14). The molecular weight excluding hydrogens is 202 g/mol. The Kier molecular flexibility index (Phi) is 2.81. The first-order valence-electron chi connectivity index (χ1n) is 5.16. The molecule has 0 aliphatic heterocycles. The Labute approximate surface area is 93.7 Å². The molecule has 1 aromatic heterocycles. The molecule has 1 heterocycles. The lowest BCUT2D eigenvalue weighted by Crippen LogP contribution is -1.91. The summed E-state index contributed by atoms with van der Waals surface area (Å²) in [6.07, 6.45) is 0. The Morgan fingerprint density at radius 1 is 1.31 bits per heavy atom. The number of nitroso groups, excluding NO2 is 1. The van der Waals surface area contributed by atoms with Gasteiger partial charge in [0.15, 0.2) is 0 Å². The number of benzene rings is 1. The van der Waals surface area contributed by atoms with Crippen molar-refractivity contribution in [2.45, 2.75) is 19.9 Å². The molecule has 0 saturated heterocycles. The summed E-state index contributed by atoms with van der Waals surface area (Å²) in [6.45, 7) is 3.64. The number of hydrogen-bond donors (Lipinski definition) is 1. The van der Waals surface area contributed by atoms with Crippen LogP contribution in [0.5, 0.6) is 0 Å². The van der Waals surface area contributed by atoms with E-state index in [1.807, 2.05) is 37.3 Å². The van der Waals surface area contributed by atoms with E-state index >= 15 is 0 Å². The summed E-state index contributed by atoms with van der Waals surface area (Å²) in [6, 6.07) is 9.40. The zero-order chi connectivity index (χ0) is 11.5. The molecule has 0 aliphatic carbocycles. The van der Waals surface area contributed by atoms with E-state index in [9.17, 15) is 4.91 Å². The molecule has 0 amide bonds. The molecule has 0 spiro atoms. The fourth-order valence-electron chi connectivity index (χ4n) is 1.66. The lowest BCUT2D eigenvalue weighted by Gasteiger charge is -1.97. The van der Waals surface area contributed by atoms with Crippen LogP contribution in [0.1, 0.15) is 24.4 Å². The van der Waals surface area contributed by atoms with Gasteiger partial charge in [-0.1, -0.05) is 35.5 Å². The molecule has 0 saturated carbocycles. The molecule has 82 valence electrons. The highest BCUT2D eigenvalue weighted by molar-refractivity contribution is 5.55. The second-order valence-electron chi connectivity index (χ2n) is 3.74. The largest absolute Gasteiger partial charge is 0.342 e. The van der Waals surface area contributed by atoms with E-state index in [1.54, 1.807) is 6.92 Å². The molecule has 2 rings (SSSR count). The first-order chi connectivity index (χ1) is 7.72. The summed E-state index contributed by atoms with van der Waals surface area (Å²) in [5, 5.41) is 2.99. The van der Waals surface area contributed by atoms with Crippen LogP contribution in [-0.2, 0) is 0 Å². The number of H-pyrrole nitrogens is 1. The summed E-state index contributed by atoms with van der Waals surface area (Å²) in [5.41, 5.74) is 2.62. The zero-order valence-electron chi connectivity index (χ0n) is 9.27. The summed E-state index contributed by atoms with van der Waals surface area (Å²) >= 11 is 0. The van der Waals surface area contributed by atoms with Gasteiger partial charge in [-0.3, -0.25) is 0 Å². The van der Waals surface area contributed by atoms with Gasteiger partial charge in [-0.05, 0) is 13.8 Å². The summed E-state index contributed by atoms with van der Waals surface area (Å²) < 4.78 is 0. The van der Waals surface area contributed by atoms with Crippen molar-refractivity contribution >= 4 is 0 Å². The summed E-state index contributed by atoms with van der Waals surface area (Å²) in [4.78, 5) is 18.1. The van der Waals surface area contributed by atoms with Gasteiger partial charge >= 0.3 is 0 Å². The minimum atomic E-state index is -0.409. The van der Waals surface area contributed by atoms with Crippen molar-refractivity contribution in [1.82, 2.24) is 9.97 Å². The van der Waals surface area contributed by atoms with Crippen LogP contribution in [0.3, 0.4) is 0 Å². The van der Waals surface area contributed by atoms with E-state index in [-0.39, 0.29) is 0 Å². The average Bonchev–Trinajstić information content (AvgIpc) is 2.71. The topological polar surface area (TPSA) is 58.1 Å². The smallest absolute Gasteiger partial charge is 0.137 e. The Morgan fingerprint density at radius 2 is 2.00 bits per heavy atom. The number of nitrogens with one attached hydrogen (secondary N) is 1. The third kappa shape index (κ3) is 1.86.